The van der Waals surface area contributed by atoms with E-state index in [0.717, 1.165) is 33.6 Å². The average Bonchev–Trinajstić information content (AvgIpc) is 3.10. The number of nitrogens with one attached hydrogen (secondary N) is 2. The highest BCUT2D eigenvalue weighted by Gasteiger charge is 2.19. The molecule has 3 aromatic heterocycles. The molecule has 1 aromatic carbocycles. The van der Waals surface area contributed by atoms with Gasteiger partial charge in [-0.25, -0.2) is 4.98 Å². The molecular formula is C18H19N5. The predicted molar refractivity (Wildman–Crippen MR) is 93.7 cm³/mol. The van der Waals surface area contributed by atoms with E-state index in [2.05, 4.69) is 58.9 Å². The Kier molecular flexibility index (Phi) is 2.91. The van der Waals surface area contributed by atoms with Crippen LogP contribution in [0.5, 0.6) is 0 Å². The van der Waals surface area contributed by atoms with Crippen molar-refractivity contribution in [3.8, 4) is 11.3 Å². The van der Waals surface area contributed by atoms with Gasteiger partial charge in [0, 0.05) is 22.7 Å². The van der Waals surface area contributed by atoms with Crippen molar-refractivity contribution in [2.75, 3.05) is 5.32 Å². The molecule has 0 aliphatic rings. The zero-order valence-electron chi connectivity index (χ0n) is 13.5. The molecule has 5 nitrogen and oxygen atoms in total. The molecule has 0 amide bonds. The standard InChI is InChI=1S/C18H19N5/c1-18(2,3)21-17-16(20-15-6-4-5-9-23(15)17)12-7-8-13-11-19-22-14(13)10-12/h4-11,21H,1-3H3,(H,19,22). The summed E-state index contributed by atoms with van der Waals surface area (Å²) in [4.78, 5) is 4.82. The van der Waals surface area contributed by atoms with Crippen LogP contribution >= 0.6 is 0 Å². The number of anilines is 1. The molecular weight excluding hydrogens is 286 g/mol. The largest absolute Gasteiger partial charge is 0.365 e. The maximum absolute atomic E-state index is 4.82. The molecule has 0 spiro atoms. The average molecular weight is 305 g/mol. The van der Waals surface area contributed by atoms with Crippen molar-refractivity contribution in [1.82, 2.24) is 19.6 Å². The van der Waals surface area contributed by atoms with Crippen LogP contribution in [0.4, 0.5) is 5.82 Å². The number of rotatable bonds is 2. The molecule has 2 N–H and O–H groups in total. The van der Waals surface area contributed by atoms with Crippen LogP contribution < -0.4 is 5.32 Å². The zero-order chi connectivity index (χ0) is 16.0. The minimum Gasteiger partial charge on any atom is -0.365 e. The van der Waals surface area contributed by atoms with E-state index in [1.54, 1.807) is 0 Å². The topological polar surface area (TPSA) is 58.0 Å². The number of hydrogen-bond donors (Lipinski definition) is 2. The Morgan fingerprint density at radius 3 is 2.83 bits per heavy atom. The van der Waals surface area contributed by atoms with Gasteiger partial charge in [-0.1, -0.05) is 18.2 Å². The SMILES string of the molecule is CC(C)(C)Nc1c(-c2ccc3cn[nH]c3c2)nc2ccccn12. The lowest BCUT2D eigenvalue weighted by atomic mass is 10.1. The number of aromatic nitrogens is 4. The van der Waals surface area contributed by atoms with E-state index in [1.165, 1.54) is 0 Å². The lowest BCUT2D eigenvalue weighted by Gasteiger charge is -2.22. The number of hydrogen-bond acceptors (Lipinski definition) is 3. The lowest BCUT2D eigenvalue weighted by Crippen LogP contribution is -2.27. The van der Waals surface area contributed by atoms with Crippen LogP contribution in [0, 0.1) is 0 Å². The number of nitrogens with zero attached hydrogens (tertiary/aromatic N) is 3. The minimum atomic E-state index is -0.0569. The molecule has 0 saturated heterocycles. The van der Waals surface area contributed by atoms with Crippen LogP contribution in [0.2, 0.25) is 0 Å². The first-order valence-corrected chi connectivity index (χ1v) is 7.70. The summed E-state index contributed by atoms with van der Waals surface area (Å²) in [5, 5.41) is 11.8. The van der Waals surface area contributed by atoms with Crippen molar-refractivity contribution >= 4 is 22.4 Å². The summed E-state index contributed by atoms with van der Waals surface area (Å²) >= 11 is 0. The molecule has 0 atom stereocenters. The van der Waals surface area contributed by atoms with Gasteiger partial charge in [0.1, 0.15) is 17.2 Å². The molecule has 0 aliphatic carbocycles. The smallest absolute Gasteiger partial charge is 0.139 e. The number of imidazole rings is 1. The Morgan fingerprint density at radius 1 is 1.13 bits per heavy atom. The highest BCUT2D eigenvalue weighted by atomic mass is 15.2. The highest BCUT2D eigenvalue weighted by molar-refractivity contribution is 5.86. The van der Waals surface area contributed by atoms with Crippen LogP contribution in [-0.2, 0) is 0 Å². The molecule has 4 rings (SSSR count). The number of H-pyrrole nitrogens is 1. The van der Waals surface area contributed by atoms with Crippen LogP contribution in [0.1, 0.15) is 20.8 Å². The molecule has 116 valence electrons. The Labute approximate surface area is 134 Å². The quantitative estimate of drug-likeness (QED) is 0.586. The molecule has 0 fully saturated rings. The third kappa shape index (κ3) is 2.44. The van der Waals surface area contributed by atoms with Crippen molar-refractivity contribution in [2.24, 2.45) is 0 Å². The van der Waals surface area contributed by atoms with E-state index in [9.17, 15) is 0 Å². The second-order valence-corrected chi connectivity index (χ2v) is 6.78. The Bertz CT molecular complexity index is 987. The third-order valence-electron chi connectivity index (χ3n) is 3.74. The fourth-order valence-corrected chi connectivity index (χ4v) is 2.76. The van der Waals surface area contributed by atoms with Gasteiger partial charge in [-0.15, -0.1) is 0 Å². The summed E-state index contributed by atoms with van der Waals surface area (Å²) in [7, 11) is 0. The molecule has 4 aromatic rings. The van der Waals surface area contributed by atoms with Crippen LogP contribution in [0.3, 0.4) is 0 Å². The highest BCUT2D eigenvalue weighted by Crippen LogP contribution is 2.32. The molecule has 0 bridgehead atoms. The molecule has 5 heteroatoms. The van der Waals surface area contributed by atoms with Crippen molar-refractivity contribution in [3.63, 3.8) is 0 Å². The molecule has 3 heterocycles. The van der Waals surface area contributed by atoms with Gasteiger partial charge < -0.3 is 5.32 Å². The van der Waals surface area contributed by atoms with Gasteiger partial charge in [0.05, 0.1) is 11.7 Å². The van der Waals surface area contributed by atoms with E-state index in [-0.39, 0.29) is 5.54 Å². The van der Waals surface area contributed by atoms with Gasteiger partial charge in [-0.05, 0) is 39.0 Å². The summed E-state index contributed by atoms with van der Waals surface area (Å²) in [5.41, 5.74) is 3.90. The van der Waals surface area contributed by atoms with Crippen molar-refractivity contribution in [1.29, 1.82) is 0 Å². The predicted octanol–water partition coefficient (Wildman–Crippen LogP) is 4.09. The molecule has 0 aliphatic heterocycles. The maximum Gasteiger partial charge on any atom is 0.139 e. The van der Waals surface area contributed by atoms with E-state index >= 15 is 0 Å². The van der Waals surface area contributed by atoms with Gasteiger partial charge in [0.15, 0.2) is 0 Å². The van der Waals surface area contributed by atoms with Crippen LogP contribution in [0.15, 0.2) is 48.8 Å². The van der Waals surface area contributed by atoms with Crippen LogP contribution in [0.25, 0.3) is 27.8 Å². The Hall–Kier alpha value is -2.82. The first-order chi connectivity index (χ1) is 11.0. The van der Waals surface area contributed by atoms with Crippen LogP contribution in [-0.4, -0.2) is 25.1 Å². The minimum absolute atomic E-state index is 0.0569. The van der Waals surface area contributed by atoms with Gasteiger partial charge in [0.25, 0.3) is 0 Å². The summed E-state index contributed by atoms with van der Waals surface area (Å²) in [6.45, 7) is 6.45. The first-order valence-electron chi connectivity index (χ1n) is 7.70. The zero-order valence-corrected chi connectivity index (χ0v) is 13.5. The number of pyridine rings is 1. The van der Waals surface area contributed by atoms with Gasteiger partial charge in [-0.2, -0.15) is 5.10 Å². The van der Waals surface area contributed by atoms with Gasteiger partial charge >= 0.3 is 0 Å². The summed E-state index contributed by atoms with van der Waals surface area (Å²) < 4.78 is 2.09. The molecule has 23 heavy (non-hydrogen) atoms. The normalized spacial score (nSPS) is 12.1. The Balaban J connectivity index is 1.95. The summed E-state index contributed by atoms with van der Waals surface area (Å²) in [6, 6.07) is 12.3. The molecule has 0 radical (unpaired) electrons. The van der Waals surface area contributed by atoms with E-state index < -0.39 is 0 Å². The van der Waals surface area contributed by atoms with Gasteiger partial charge in [0.2, 0.25) is 0 Å². The second-order valence-electron chi connectivity index (χ2n) is 6.78. The maximum atomic E-state index is 4.82. The lowest BCUT2D eigenvalue weighted by molar-refractivity contribution is 0.629. The second kappa shape index (κ2) is 4.84. The molecule has 0 saturated carbocycles. The van der Waals surface area contributed by atoms with E-state index in [0.29, 0.717) is 0 Å². The number of aromatic amines is 1. The van der Waals surface area contributed by atoms with Crippen molar-refractivity contribution < 1.29 is 0 Å². The summed E-state index contributed by atoms with van der Waals surface area (Å²) in [5.74, 6) is 1.01. The van der Waals surface area contributed by atoms with Crippen molar-refractivity contribution in [2.45, 2.75) is 26.3 Å². The summed E-state index contributed by atoms with van der Waals surface area (Å²) in [6.07, 6.45) is 3.87. The van der Waals surface area contributed by atoms with Gasteiger partial charge in [-0.3, -0.25) is 9.50 Å². The molecule has 0 unspecified atom stereocenters. The number of benzene rings is 1. The fraction of sp³-hybridized carbons (Fsp3) is 0.222. The van der Waals surface area contributed by atoms with E-state index in [4.69, 9.17) is 4.98 Å². The van der Waals surface area contributed by atoms with E-state index in [1.807, 2.05) is 30.6 Å². The third-order valence-corrected chi connectivity index (χ3v) is 3.74. The fourth-order valence-electron chi connectivity index (χ4n) is 2.76. The number of fused-ring (bicyclic) bond motifs is 2. The first kappa shape index (κ1) is 13.8. The monoisotopic (exact) mass is 305 g/mol. The van der Waals surface area contributed by atoms with Crippen molar-refractivity contribution in [3.05, 3.63) is 48.8 Å². The Morgan fingerprint density at radius 2 is 2.00 bits per heavy atom.